The van der Waals surface area contributed by atoms with E-state index < -0.39 is 5.54 Å². The molecule has 6 nitrogen and oxygen atoms in total. The van der Waals surface area contributed by atoms with Crippen molar-refractivity contribution in [2.24, 2.45) is 16.6 Å². The number of guanidine groups is 1. The lowest BCUT2D eigenvalue weighted by molar-refractivity contribution is -0.131. The van der Waals surface area contributed by atoms with Crippen LogP contribution in [0, 0.1) is 5.92 Å². The van der Waals surface area contributed by atoms with Crippen LogP contribution in [0.3, 0.4) is 0 Å². The van der Waals surface area contributed by atoms with Crippen LogP contribution >= 0.6 is 0 Å². The average molecular weight is 518 g/mol. The Labute approximate surface area is 227 Å². The number of ether oxygens (including phenoxy) is 1. The summed E-state index contributed by atoms with van der Waals surface area (Å²) in [7, 11) is 0. The Bertz CT molecular complexity index is 1250. The maximum atomic E-state index is 12.7. The zero-order valence-electron chi connectivity index (χ0n) is 24.0. The fourth-order valence-electron chi connectivity index (χ4n) is 6.28. The van der Waals surface area contributed by atoms with Crippen LogP contribution in [0.1, 0.15) is 113 Å². The lowest BCUT2D eigenvalue weighted by atomic mass is 9.82. The van der Waals surface area contributed by atoms with Crippen molar-refractivity contribution >= 4 is 17.6 Å². The molecule has 0 spiro atoms. The van der Waals surface area contributed by atoms with Gasteiger partial charge in [0, 0.05) is 5.56 Å². The first-order valence-corrected chi connectivity index (χ1v) is 13.9. The molecule has 5 rings (SSSR count). The zero-order chi connectivity index (χ0) is 27.8. The minimum Gasteiger partial charge on any atom is -0.488 e. The van der Waals surface area contributed by atoms with Gasteiger partial charge in [-0.15, -0.1) is 0 Å². The van der Waals surface area contributed by atoms with Crippen LogP contribution in [0.2, 0.25) is 0 Å². The summed E-state index contributed by atoms with van der Waals surface area (Å²) in [5.74, 6) is 2.32. The number of aliphatic imine (C=N–C) groups is 1. The summed E-state index contributed by atoms with van der Waals surface area (Å²) in [4.78, 5) is 30.5. The molecule has 38 heavy (non-hydrogen) atoms. The molecule has 0 aromatic heterocycles. The summed E-state index contributed by atoms with van der Waals surface area (Å²) < 4.78 is 6.00. The van der Waals surface area contributed by atoms with Gasteiger partial charge in [0.05, 0.1) is 18.0 Å². The van der Waals surface area contributed by atoms with Crippen molar-refractivity contribution in [3.8, 4) is 5.75 Å². The van der Waals surface area contributed by atoms with Crippen LogP contribution in [0.4, 0.5) is 0 Å². The van der Waals surface area contributed by atoms with Crippen LogP contribution in [-0.4, -0.2) is 33.7 Å². The molecule has 0 radical (unpaired) electrons. The third kappa shape index (κ3) is 5.79. The molecule has 0 bridgehead atoms. The van der Waals surface area contributed by atoms with Crippen LogP contribution in [-0.2, 0) is 11.2 Å². The van der Waals surface area contributed by atoms with E-state index >= 15 is 0 Å². The van der Waals surface area contributed by atoms with Gasteiger partial charge in [-0.05, 0) is 94.5 Å². The molecule has 2 heterocycles. The lowest BCUT2D eigenvalue weighted by Crippen LogP contribution is -2.52. The van der Waals surface area contributed by atoms with Crippen molar-refractivity contribution in [2.45, 2.75) is 104 Å². The SMILES string of the molecule is CC(=O)c1ccc2c(c1)C(N1C(=O)CC(C)(C)N=C1N)C(C)C2.CCCC1CC(C)(C)Oc2ccccc21. The number of hydrogen-bond donors (Lipinski definition) is 1. The number of nitrogens with two attached hydrogens (primary N) is 1. The van der Waals surface area contributed by atoms with Gasteiger partial charge in [0.25, 0.3) is 0 Å². The second-order valence-corrected chi connectivity index (χ2v) is 12.4. The minimum absolute atomic E-state index is 0.000396. The first kappa shape index (κ1) is 27.9. The molecule has 3 atom stereocenters. The fraction of sp³-hybridized carbons (Fsp3) is 0.531. The number of benzene rings is 2. The molecule has 2 aliphatic heterocycles. The molecule has 3 aliphatic rings. The number of Topliss-reactive ketones (excluding diaryl/α,β-unsaturated/α-hetero) is 1. The van der Waals surface area contributed by atoms with Gasteiger partial charge >= 0.3 is 0 Å². The number of para-hydroxylation sites is 1. The number of fused-ring (bicyclic) bond motifs is 2. The molecule has 3 unspecified atom stereocenters. The van der Waals surface area contributed by atoms with Crippen molar-refractivity contribution in [1.29, 1.82) is 0 Å². The largest absolute Gasteiger partial charge is 0.488 e. The smallest absolute Gasteiger partial charge is 0.232 e. The molecule has 0 fully saturated rings. The molecular formula is C32H43N3O3. The third-order valence-electron chi connectivity index (χ3n) is 7.87. The van der Waals surface area contributed by atoms with Crippen LogP contribution in [0.25, 0.3) is 0 Å². The Hall–Kier alpha value is -3.15. The molecule has 6 heteroatoms. The van der Waals surface area contributed by atoms with Gasteiger partial charge in [0.2, 0.25) is 5.91 Å². The predicted molar refractivity (Wildman–Crippen MR) is 153 cm³/mol. The lowest BCUT2D eigenvalue weighted by Gasteiger charge is -2.38. The summed E-state index contributed by atoms with van der Waals surface area (Å²) in [5.41, 5.74) is 9.94. The molecule has 1 aliphatic carbocycles. The quantitative estimate of drug-likeness (QED) is 0.464. The Morgan fingerprint density at radius 3 is 2.50 bits per heavy atom. The van der Waals surface area contributed by atoms with E-state index in [2.05, 4.69) is 57.0 Å². The van der Waals surface area contributed by atoms with Crippen molar-refractivity contribution in [3.05, 3.63) is 64.7 Å². The first-order chi connectivity index (χ1) is 17.8. The van der Waals surface area contributed by atoms with Crippen LogP contribution in [0.5, 0.6) is 5.75 Å². The topological polar surface area (TPSA) is 85.0 Å². The van der Waals surface area contributed by atoms with Crippen molar-refractivity contribution in [1.82, 2.24) is 4.90 Å². The number of hydrogen-bond acceptors (Lipinski definition) is 5. The van der Waals surface area contributed by atoms with Gasteiger partial charge in [-0.1, -0.05) is 50.6 Å². The molecule has 0 saturated carbocycles. The predicted octanol–water partition coefficient (Wildman–Crippen LogP) is 6.58. The van der Waals surface area contributed by atoms with Crippen molar-refractivity contribution < 1.29 is 14.3 Å². The molecule has 2 aromatic carbocycles. The van der Waals surface area contributed by atoms with Gasteiger partial charge in [0.1, 0.15) is 11.4 Å². The molecule has 2 aromatic rings. The van der Waals surface area contributed by atoms with E-state index in [1.807, 2.05) is 32.0 Å². The zero-order valence-corrected chi connectivity index (χ0v) is 24.0. The monoisotopic (exact) mass is 517 g/mol. The van der Waals surface area contributed by atoms with Crippen molar-refractivity contribution in [2.75, 3.05) is 0 Å². The van der Waals surface area contributed by atoms with E-state index in [1.165, 1.54) is 24.0 Å². The highest BCUT2D eigenvalue weighted by molar-refractivity contribution is 6.00. The standard InChI is InChI=1S/C18H23N3O2.C14H20O/c1-10-7-13-6-5-12(11(2)22)8-14(13)16(10)21-15(23)9-18(3,4)20-17(21)19;1-4-7-11-10-14(2,3)15-13-9-6-5-8-12(11)13/h5-6,8,10,16H,7,9H2,1-4H3,(H2,19,20);5-6,8-9,11H,4,7,10H2,1-3H3. The normalized spacial score (nSPS) is 24.8. The van der Waals surface area contributed by atoms with E-state index in [0.717, 1.165) is 24.2 Å². The third-order valence-corrected chi connectivity index (χ3v) is 7.87. The Morgan fingerprint density at radius 1 is 1.13 bits per heavy atom. The molecule has 0 saturated heterocycles. The summed E-state index contributed by atoms with van der Waals surface area (Å²) in [6.07, 6.45) is 4.87. The van der Waals surface area contributed by atoms with Gasteiger partial charge in [-0.25, -0.2) is 4.99 Å². The number of ketones is 1. The summed E-state index contributed by atoms with van der Waals surface area (Å²) in [5, 5.41) is 0. The Balaban J connectivity index is 0.000000194. The maximum absolute atomic E-state index is 12.7. The van der Waals surface area contributed by atoms with E-state index in [-0.39, 0.29) is 35.2 Å². The first-order valence-electron chi connectivity index (χ1n) is 13.9. The number of nitrogens with zero attached hydrogens (tertiary/aromatic N) is 2. The van der Waals surface area contributed by atoms with Crippen molar-refractivity contribution in [3.63, 3.8) is 0 Å². The van der Waals surface area contributed by atoms with Gasteiger partial charge in [0.15, 0.2) is 11.7 Å². The number of carbonyl (C=O) groups is 2. The summed E-state index contributed by atoms with van der Waals surface area (Å²) in [6.45, 7) is 14.1. The fourth-order valence-corrected chi connectivity index (χ4v) is 6.28. The number of rotatable bonds is 4. The van der Waals surface area contributed by atoms with E-state index in [0.29, 0.717) is 17.9 Å². The summed E-state index contributed by atoms with van der Waals surface area (Å²) in [6, 6.07) is 14.1. The van der Waals surface area contributed by atoms with E-state index in [9.17, 15) is 9.59 Å². The van der Waals surface area contributed by atoms with Gasteiger partial charge < -0.3 is 10.5 Å². The van der Waals surface area contributed by atoms with E-state index in [4.69, 9.17) is 10.5 Å². The Morgan fingerprint density at radius 2 is 1.84 bits per heavy atom. The number of amides is 1. The highest BCUT2D eigenvalue weighted by Gasteiger charge is 2.42. The molecule has 204 valence electrons. The van der Waals surface area contributed by atoms with E-state index in [1.54, 1.807) is 11.8 Å². The van der Waals surface area contributed by atoms with Gasteiger partial charge in [-0.3, -0.25) is 14.5 Å². The molecule has 2 N–H and O–H groups in total. The van der Waals surface area contributed by atoms with Gasteiger partial charge in [-0.2, -0.15) is 0 Å². The molecule has 1 amide bonds. The Kier molecular flexibility index (Phi) is 7.74. The number of carbonyl (C=O) groups excluding carboxylic acids is 2. The second kappa shape index (κ2) is 10.5. The molecular weight excluding hydrogens is 474 g/mol. The maximum Gasteiger partial charge on any atom is 0.232 e. The van der Waals surface area contributed by atoms with Crippen LogP contribution < -0.4 is 10.5 Å². The second-order valence-electron chi connectivity index (χ2n) is 12.4. The summed E-state index contributed by atoms with van der Waals surface area (Å²) >= 11 is 0. The highest BCUT2D eigenvalue weighted by Crippen LogP contribution is 2.43. The highest BCUT2D eigenvalue weighted by atomic mass is 16.5. The minimum atomic E-state index is -0.455. The van der Waals surface area contributed by atoms with Crippen LogP contribution in [0.15, 0.2) is 47.5 Å². The average Bonchev–Trinajstić information content (AvgIpc) is 3.12.